The number of esters is 1. The third-order valence-corrected chi connectivity index (χ3v) is 7.80. The molecule has 2 N–H and O–H groups in total. The van der Waals surface area contributed by atoms with Gasteiger partial charge < -0.3 is 15.2 Å². The average molecular weight is 370 g/mol. The van der Waals surface area contributed by atoms with Crippen molar-refractivity contribution in [2.75, 3.05) is 5.88 Å². The number of rotatable bonds is 6. The maximum atomic E-state index is 12.9. The molecule has 4 rings (SSSR count). The van der Waals surface area contributed by atoms with Gasteiger partial charge in [0.2, 0.25) is 11.4 Å². The molecule has 2 saturated carbocycles. The van der Waals surface area contributed by atoms with Crippen LogP contribution in [-0.4, -0.2) is 40.1 Å². The minimum atomic E-state index is -1.30. The van der Waals surface area contributed by atoms with Crippen LogP contribution >= 0.6 is 11.6 Å². The molecular weight excluding hydrogens is 342 g/mol. The summed E-state index contributed by atoms with van der Waals surface area (Å²) in [6, 6.07) is 0. The fourth-order valence-corrected chi connectivity index (χ4v) is 6.50. The van der Waals surface area contributed by atoms with Crippen LogP contribution in [0.4, 0.5) is 0 Å². The summed E-state index contributed by atoms with van der Waals surface area (Å²) in [4.78, 5) is 25.7. The molecule has 1 amide bonds. The van der Waals surface area contributed by atoms with E-state index in [0.29, 0.717) is 30.6 Å². The summed E-state index contributed by atoms with van der Waals surface area (Å²) in [6.45, 7) is 3.85. The first kappa shape index (κ1) is 17.6. The van der Waals surface area contributed by atoms with Crippen molar-refractivity contribution in [1.29, 1.82) is 0 Å². The predicted molar refractivity (Wildman–Crippen MR) is 93.0 cm³/mol. The lowest BCUT2D eigenvalue weighted by atomic mass is 9.56. The highest BCUT2D eigenvalue weighted by molar-refractivity contribution is 6.18. The monoisotopic (exact) mass is 369 g/mol. The normalized spacial score (nSPS) is 48.7. The summed E-state index contributed by atoms with van der Waals surface area (Å²) >= 11 is 5.99. The topological polar surface area (TPSA) is 75.6 Å². The number of ether oxygens (including phenoxy) is 1. The van der Waals surface area contributed by atoms with Crippen LogP contribution in [0.5, 0.6) is 0 Å². The van der Waals surface area contributed by atoms with E-state index in [1.165, 1.54) is 6.42 Å². The Labute approximate surface area is 153 Å². The first-order chi connectivity index (χ1) is 11.9. The zero-order valence-electron chi connectivity index (χ0n) is 15.0. The van der Waals surface area contributed by atoms with Crippen molar-refractivity contribution in [3.05, 3.63) is 0 Å². The third-order valence-electron chi connectivity index (χ3n) is 7.61. The van der Waals surface area contributed by atoms with E-state index in [9.17, 15) is 14.7 Å². The number of hydrogen-bond acceptors (Lipinski definition) is 4. The number of aliphatic hydroxyl groups excluding tert-OH is 1. The van der Waals surface area contributed by atoms with Gasteiger partial charge in [-0.2, -0.15) is 0 Å². The molecule has 0 bridgehead atoms. The highest BCUT2D eigenvalue weighted by atomic mass is 35.5. The molecule has 0 aromatic rings. The number of carbonyl (C=O) groups excluding carboxylic acids is 2. The second-order valence-corrected chi connectivity index (χ2v) is 9.08. The lowest BCUT2D eigenvalue weighted by Gasteiger charge is -2.59. The number of aliphatic hydroxyl groups is 1. The molecule has 6 heteroatoms. The molecule has 2 heterocycles. The quantitative estimate of drug-likeness (QED) is 0.556. The number of fused-ring (bicyclic) bond motifs is 2. The lowest BCUT2D eigenvalue weighted by molar-refractivity contribution is -0.259. The Balaban J connectivity index is 1.75. The molecule has 2 aliphatic heterocycles. The van der Waals surface area contributed by atoms with Gasteiger partial charge in [0.1, 0.15) is 0 Å². The van der Waals surface area contributed by atoms with Gasteiger partial charge in [0.05, 0.1) is 11.5 Å². The average Bonchev–Trinajstić information content (AvgIpc) is 3.35. The first-order valence-electron chi connectivity index (χ1n) is 9.68. The van der Waals surface area contributed by atoms with Crippen molar-refractivity contribution in [2.24, 2.45) is 23.2 Å². The Hall–Kier alpha value is -0.810. The van der Waals surface area contributed by atoms with E-state index in [1.807, 2.05) is 13.8 Å². The van der Waals surface area contributed by atoms with Crippen molar-refractivity contribution in [3.63, 3.8) is 0 Å². The molecule has 2 saturated heterocycles. The Morgan fingerprint density at radius 2 is 2.12 bits per heavy atom. The second-order valence-electron chi connectivity index (χ2n) is 8.70. The van der Waals surface area contributed by atoms with Gasteiger partial charge >= 0.3 is 5.97 Å². The minimum Gasteiger partial charge on any atom is -0.453 e. The van der Waals surface area contributed by atoms with Crippen LogP contribution in [0.15, 0.2) is 0 Å². The zero-order valence-corrected chi connectivity index (χ0v) is 15.8. The molecule has 0 aromatic heterocycles. The van der Waals surface area contributed by atoms with Gasteiger partial charge in [0.25, 0.3) is 0 Å². The van der Waals surface area contributed by atoms with Gasteiger partial charge in [-0.05, 0) is 50.4 Å². The van der Waals surface area contributed by atoms with Crippen molar-refractivity contribution >= 4 is 23.5 Å². The lowest BCUT2D eigenvalue weighted by Crippen LogP contribution is -2.82. The fraction of sp³-hybridized carbons (Fsp3) is 0.895. The van der Waals surface area contributed by atoms with Gasteiger partial charge in [-0.1, -0.05) is 26.2 Å². The van der Waals surface area contributed by atoms with E-state index in [1.54, 1.807) is 0 Å². The summed E-state index contributed by atoms with van der Waals surface area (Å²) in [5, 5.41) is 14.3. The van der Waals surface area contributed by atoms with Crippen LogP contribution in [0, 0.1) is 23.2 Å². The maximum absolute atomic E-state index is 12.9. The first-order valence-corrected chi connectivity index (χ1v) is 10.2. The second kappa shape index (κ2) is 5.59. The minimum absolute atomic E-state index is 0.0708. The van der Waals surface area contributed by atoms with Crippen LogP contribution in [0.2, 0.25) is 0 Å². The fourth-order valence-electron chi connectivity index (χ4n) is 6.12. The molecule has 0 radical (unpaired) electrons. The highest BCUT2D eigenvalue weighted by Gasteiger charge is 2.85. The van der Waals surface area contributed by atoms with E-state index in [2.05, 4.69) is 5.32 Å². The van der Waals surface area contributed by atoms with E-state index >= 15 is 0 Å². The van der Waals surface area contributed by atoms with Gasteiger partial charge in [-0.15, -0.1) is 11.6 Å². The molecule has 0 unspecified atom stereocenters. The Kier molecular flexibility index (Phi) is 3.94. The molecule has 0 aromatic carbocycles. The maximum Gasteiger partial charge on any atom is 0.339 e. The Morgan fingerprint density at radius 3 is 2.76 bits per heavy atom. The molecule has 140 valence electrons. The molecule has 5 nitrogen and oxygen atoms in total. The molecule has 25 heavy (non-hydrogen) atoms. The van der Waals surface area contributed by atoms with Crippen LogP contribution in [-0.2, 0) is 14.3 Å². The van der Waals surface area contributed by atoms with E-state index in [0.717, 1.165) is 25.7 Å². The van der Waals surface area contributed by atoms with Crippen LogP contribution in [0.1, 0.15) is 58.8 Å². The standard InChI is InChI=1S/C19H28ClNO4/c1-3-7-18-17(2,8-9-20)15(23)21-19(18,16(24)25-18)14(22)12-6-4-5-11-10-13(11)12/h11-14,22H,3-10H2,1-2H3,(H,21,23)/t11-,12-,13+,14-,17-,18-,19-/m0/s1. The molecule has 2 aliphatic carbocycles. The van der Waals surface area contributed by atoms with Crippen molar-refractivity contribution in [2.45, 2.75) is 76.0 Å². The number of carbonyl (C=O) groups is 2. The number of nitrogens with one attached hydrogen (secondary N) is 1. The molecule has 4 fully saturated rings. The van der Waals surface area contributed by atoms with Crippen LogP contribution < -0.4 is 5.32 Å². The van der Waals surface area contributed by atoms with Crippen molar-refractivity contribution < 1.29 is 19.4 Å². The largest absolute Gasteiger partial charge is 0.453 e. The van der Waals surface area contributed by atoms with Gasteiger partial charge in [-0.25, -0.2) is 4.79 Å². The molecule has 0 spiro atoms. The van der Waals surface area contributed by atoms with E-state index in [-0.39, 0.29) is 11.8 Å². The van der Waals surface area contributed by atoms with E-state index < -0.39 is 28.6 Å². The van der Waals surface area contributed by atoms with Crippen LogP contribution in [0.3, 0.4) is 0 Å². The molecule has 7 atom stereocenters. The Morgan fingerprint density at radius 1 is 1.36 bits per heavy atom. The SMILES string of the molecule is CCC[C@@]12OC(=O)[C@]1([C@@H](O)[C@H]1CCC[C@H]3C[C@H]31)NC(=O)[C@]2(C)CCCl. The summed E-state index contributed by atoms with van der Waals surface area (Å²) < 4.78 is 5.75. The van der Waals surface area contributed by atoms with E-state index in [4.69, 9.17) is 16.3 Å². The smallest absolute Gasteiger partial charge is 0.339 e. The van der Waals surface area contributed by atoms with Crippen molar-refractivity contribution in [3.8, 4) is 0 Å². The van der Waals surface area contributed by atoms with Gasteiger partial charge in [-0.3, -0.25) is 4.79 Å². The molecular formula is C19H28ClNO4. The number of halogens is 1. The van der Waals surface area contributed by atoms with Gasteiger partial charge in [0.15, 0.2) is 5.60 Å². The van der Waals surface area contributed by atoms with Gasteiger partial charge in [0, 0.05) is 5.88 Å². The number of hydrogen-bond donors (Lipinski definition) is 2. The Bertz CT molecular complexity index is 612. The number of amides is 1. The summed E-state index contributed by atoms with van der Waals surface area (Å²) in [5.74, 6) is 0.877. The number of alkyl halides is 1. The zero-order chi connectivity index (χ0) is 18.0. The summed E-state index contributed by atoms with van der Waals surface area (Å²) in [5.41, 5.74) is -3.17. The summed E-state index contributed by atoms with van der Waals surface area (Å²) in [6.07, 6.45) is 5.25. The highest BCUT2D eigenvalue weighted by Crippen LogP contribution is 2.64. The van der Waals surface area contributed by atoms with Crippen molar-refractivity contribution in [1.82, 2.24) is 5.32 Å². The predicted octanol–water partition coefficient (Wildman–Crippen LogP) is 2.38. The third kappa shape index (κ3) is 1.94. The molecule has 4 aliphatic rings. The summed E-state index contributed by atoms with van der Waals surface area (Å²) in [7, 11) is 0. The van der Waals surface area contributed by atoms with Crippen LogP contribution in [0.25, 0.3) is 0 Å².